The van der Waals surface area contributed by atoms with E-state index in [4.69, 9.17) is 21.4 Å². The van der Waals surface area contributed by atoms with Crippen LogP contribution in [0.3, 0.4) is 0 Å². The molecule has 0 radical (unpaired) electrons. The molecule has 1 aliphatic rings. The first kappa shape index (κ1) is 14.6. The largest absolute Gasteiger partial charge is 0.491 e. The van der Waals surface area contributed by atoms with Gasteiger partial charge in [-0.15, -0.1) is 0 Å². The third-order valence-electron chi connectivity index (χ3n) is 3.44. The molecule has 1 aliphatic heterocycles. The number of halogens is 1. The maximum atomic E-state index is 9.01. The molecule has 0 atom stereocenters. The minimum Gasteiger partial charge on any atom is -0.491 e. The molecule has 2 rings (SSSR count). The number of likely N-dealkylation sites (N-methyl/N-ethyl adjacent to an activating group) is 1. The molecule has 0 saturated carbocycles. The Bertz CT molecular complexity index is 406. The van der Waals surface area contributed by atoms with Crippen molar-refractivity contribution < 1.29 is 9.84 Å². The van der Waals surface area contributed by atoms with Crippen LogP contribution in [0, 0.1) is 0 Å². The zero-order valence-corrected chi connectivity index (χ0v) is 12.1. The third-order valence-corrected chi connectivity index (χ3v) is 3.74. The van der Waals surface area contributed by atoms with Crippen LogP contribution in [0.1, 0.15) is 5.56 Å². The van der Waals surface area contributed by atoms with Crippen LogP contribution in [0.25, 0.3) is 0 Å². The number of hydrogen-bond acceptors (Lipinski definition) is 4. The third kappa shape index (κ3) is 4.35. The molecule has 0 bridgehead atoms. The summed E-state index contributed by atoms with van der Waals surface area (Å²) in [5, 5.41) is 9.57. The molecule has 1 saturated heterocycles. The maximum Gasteiger partial charge on any atom is 0.137 e. The van der Waals surface area contributed by atoms with Gasteiger partial charge < -0.3 is 14.7 Å². The van der Waals surface area contributed by atoms with E-state index in [1.54, 1.807) is 6.07 Å². The summed E-state index contributed by atoms with van der Waals surface area (Å²) < 4.78 is 5.70. The smallest absolute Gasteiger partial charge is 0.137 e. The molecule has 4 nitrogen and oxygen atoms in total. The molecule has 1 aromatic carbocycles. The molecule has 0 aliphatic carbocycles. The van der Waals surface area contributed by atoms with E-state index in [0.29, 0.717) is 17.4 Å². The van der Waals surface area contributed by atoms with E-state index in [0.717, 1.165) is 38.3 Å². The number of benzene rings is 1. The summed E-state index contributed by atoms with van der Waals surface area (Å²) in [5.74, 6) is 0.688. The average Bonchev–Trinajstić information content (AvgIpc) is 2.42. The molecule has 1 fully saturated rings. The standard InChI is InChI=1S/C14H21ClN2O2/c1-16-4-6-17(7-5-16)8-9-19-14-3-2-12(11-18)10-13(14)15/h2-3,10,18H,4-9,11H2,1H3. The monoisotopic (exact) mass is 284 g/mol. The topological polar surface area (TPSA) is 35.9 Å². The quantitative estimate of drug-likeness (QED) is 0.888. The molecule has 0 aromatic heterocycles. The van der Waals surface area contributed by atoms with Crippen LogP contribution in [-0.2, 0) is 6.61 Å². The summed E-state index contributed by atoms with van der Waals surface area (Å²) in [6.07, 6.45) is 0. The fourth-order valence-electron chi connectivity index (χ4n) is 2.12. The molecular formula is C14H21ClN2O2. The second-order valence-electron chi connectivity index (χ2n) is 4.92. The highest BCUT2D eigenvalue weighted by Gasteiger charge is 2.13. The van der Waals surface area contributed by atoms with E-state index in [1.165, 1.54) is 0 Å². The van der Waals surface area contributed by atoms with Crippen molar-refractivity contribution in [3.63, 3.8) is 0 Å². The van der Waals surface area contributed by atoms with Crippen LogP contribution in [0.5, 0.6) is 5.75 Å². The average molecular weight is 285 g/mol. The zero-order chi connectivity index (χ0) is 13.7. The van der Waals surface area contributed by atoms with E-state index in [-0.39, 0.29) is 6.61 Å². The molecule has 19 heavy (non-hydrogen) atoms. The Balaban J connectivity index is 1.76. The lowest BCUT2D eigenvalue weighted by molar-refractivity contribution is 0.134. The Morgan fingerprint density at radius 1 is 1.26 bits per heavy atom. The predicted octanol–water partition coefficient (Wildman–Crippen LogP) is 1.46. The van der Waals surface area contributed by atoms with E-state index in [2.05, 4.69) is 16.8 Å². The number of rotatable bonds is 5. The molecule has 1 aromatic rings. The van der Waals surface area contributed by atoms with Crippen molar-refractivity contribution in [1.29, 1.82) is 0 Å². The van der Waals surface area contributed by atoms with Crippen LogP contribution in [0.2, 0.25) is 5.02 Å². The summed E-state index contributed by atoms with van der Waals surface area (Å²) in [4.78, 5) is 4.73. The molecule has 0 spiro atoms. The van der Waals surface area contributed by atoms with Gasteiger partial charge in [0.1, 0.15) is 12.4 Å². The van der Waals surface area contributed by atoms with Gasteiger partial charge in [0.15, 0.2) is 0 Å². The normalized spacial score (nSPS) is 17.6. The summed E-state index contributed by atoms with van der Waals surface area (Å²) in [6, 6.07) is 5.39. The minimum absolute atomic E-state index is 0.00129. The second kappa shape index (κ2) is 7.10. The van der Waals surface area contributed by atoms with Gasteiger partial charge in [-0.05, 0) is 24.7 Å². The fourth-order valence-corrected chi connectivity index (χ4v) is 2.37. The molecule has 1 heterocycles. The summed E-state index contributed by atoms with van der Waals surface area (Å²) in [5.41, 5.74) is 0.802. The lowest BCUT2D eigenvalue weighted by Gasteiger charge is -2.32. The van der Waals surface area contributed by atoms with Gasteiger partial charge in [-0.3, -0.25) is 4.90 Å². The van der Waals surface area contributed by atoms with Crippen LogP contribution in [-0.4, -0.2) is 61.3 Å². The molecule has 0 unspecified atom stereocenters. The molecule has 5 heteroatoms. The van der Waals surface area contributed by atoms with Crippen molar-refractivity contribution in [2.45, 2.75) is 6.61 Å². The van der Waals surface area contributed by atoms with Crippen molar-refractivity contribution in [3.05, 3.63) is 28.8 Å². The Labute approximate surface area is 119 Å². The van der Waals surface area contributed by atoms with Gasteiger partial charge in [-0.1, -0.05) is 17.7 Å². The minimum atomic E-state index is 0.00129. The first-order valence-corrected chi connectivity index (χ1v) is 7.00. The van der Waals surface area contributed by atoms with Crippen molar-refractivity contribution in [2.24, 2.45) is 0 Å². The van der Waals surface area contributed by atoms with E-state index >= 15 is 0 Å². The van der Waals surface area contributed by atoms with Gasteiger partial charge in [0.2, 0.25) is 0 Å². The molecule has 1 N–H and O–H groups in total. The SMILES string of the molecule is CN1CCN(CCOc2ccc(CO)cc2Cl)CC1. The Morgan fingerprint density at radius 2 is 2.00 bits per heavy atom. The lowest BCUT2D eigenvalue weighted by Crippen LogP contribution is -2.45. The lowest BCUT2D eigenvalue weighted by atomic mass is 10.2. The number of piperazine rings is 1. The highest BCUT2D eigenvalue weighted by atomic mass is 35.5. The number of nitrogens with zero attached hydrogens (tertiary/aromatic N) is 2. The number of ether oxygens (including phenoxy) is 1. The summed E-state index contributed by atoms with van der Waals surface area (Å²) in [6.45, 7) is 5.99. The molecular weight excluding hydrogens is 264 g/mol. The first-order chi connectivity index (χ1) is 9.19. The van der Waals surface area contributed by atoms with Crippen LogP contribution in [0.4, 0.5) is 0 Å². The highest BCUT2D eigenvalue weighted by Crippen LogP contribution is 2.25. The molecule has 0 amide bonds. The van der Waals surface area contributed by atoms with Gasteiger partial charge in [-0.25, -0.2) is 0 Å². The van der Waals surface area contributed by atoms with Gasteiger partial charge >= 0.3 is 0 Å². The predicted molar refractivity (Wildman–Crippen MR) is 76.8 cm³/mol. The Hall–Kier alpha value is -0.810. The van der Waals surface area contributed by atoms with Gasteiger partial charge in [0.05, 0.1) is 11.6 Å². The van der Waals surface area contributed by atoms with E-state index in [1.807, 2.05) is 12.1 Å². The van der Waals surface area contributed by atoms with Crippen LogP contribution >= 0.6 is 11.6 Å². The summed E-state index contributed by atoms with van der Waals surface area (Å²) >= 11 is 6.09. The summed E-state index contributed by atoms with van der Waals surface area (Å²) in [7, 11) is 2.15. The van der Waals surface area contributed by atoms with Crippen LogP contribution < -0.4 is 4.74 Å². The van der Waals surface area contributed by atoms with Gasteiger partial charge in [-0.2, -0.15) is 0 Å². The number of aliphatic hydroxyl groups excluding tert-OH is 1. The Morgan fingerprint density at radius 3 is 2.63 bits per heavy atom. The van der Waals surface area contributed by atoms with E-state index < -0.39 is 0 Å². The van der Waals surface area contributed by atoms with Crippen molar-refractivity contribution in [2.75, 3.05) is 46.4 Å². The van der Waals surface area contributed by atoms with Crippen molar-refractivity contribution in [1.82, 2.24) is 9.80 Å². The van der Waals surface area contributed by atoms with E-state index in [9.17, 15) is 0 Å². The Kier molecular flexibility index (Phi) is 5.45. The zero-order valence-electron chi connectivity index (χ0n) is 11.3. The number of hydrogen-bond donors (Lipinski definition) is 1. The van der Waals surface area contributed by atoms with Crippen molar-refractivity contribution >= 4 is 11.6 Å². The maximum absolute atomic E-state index is 9.01. The van der Waals surface area contributed by atoms with Crippen LogP contribution in [0.15, 0.2) is 18.2 Å². The highest BCUT2D eigenvalue weighted by molar-refractivity contribution is 6.32. The fraction of sp³-hybridized carbons (Fsp3) is 0.571. The molecule has 106 valence electrons. The second-order valence-corrected chi connectivity index (χ2v) is 5.32. The first-order valence-electron chi connectivity index (χ1n) is 6.62. The van der Waals surface area contributed by atoms with Gasteiger partial charge in [0, 0.05) is 32.7 Å². The van der Waals surface area contributed by atoms with Gasteiger partial charge in [0.25, 0.3) is 0 Å². The number of aliphatic hydroxyl groups is 1. The van der Waals surface area contributed by atoms with Crippen molar-refractivity contribution in [3.8, 4) is 5.75 Å².